The van der Waals surface area contributed by atoms with Crippen LogP contribution in [-0.2, 0) is 6.54 Å². The van der Waals surface area contributed by atoms with Gasteiger partial charge in [0, 0.05) is 11.9 Å². The standard InChI is InChI=1S/C15H17FN4OS/c16-11-4-1-3-10(7-11)8-18-14(21)20-15-19-13(9-22-15)12-5-2-6-17-12/h1,3-4,7,9,12,17H,2,5-6,8H2,(H2,18,19,20,21). The van der Waals surface area contributed by atoms with Crippen LogP contribution >= 0.6 is 11.3 Å². The predicted octanol–water partition coefficient (Wildman–Crippen LogP) is 3.03. The number of hydrogen-bond donors (Lipinski definition) is 3. The van der Waals surface area contributed by atoms with Crippen LogP contribution in [0.1, 0.15) is 30.1 Å². The fourth-order valence-corrected chi connectivity index (χ4v) is 3.17. The average Bonchev–Trinajstić information content (AvgIpc) is 3.16. The molecule has 0 radical (unpaired) electrons. The van der Waals surface area contributed by atoms with Gasteiger partial charge in [-0.15, -0.1) is 11.3 Å². The zero-order valence-electron chi connectivity index (χ0n) is 11.9. The van der Waals surface area contributed by atoms with Crippen LogP contribution in [-0.4, -0.2) is 17.6 Å². The molecule has 1 aromatic carbocycles. The second kappa shape index (κ2) is 6.85. The van der Waals surface area contributed by atoms with Crippen molar-refractivity contribution in [2.45, 2.75) is 25.4 Å². The van der Waals surface area contributed by atoms with Gasteiger partial charge >= 0.3 is 6.03 Å². The molecule has 0 saturated carbocycles. The number of hydrogen-bond acceptors (Lipinski definition) is 4. The van der Waals surface area contributed by atoms with Crippen LogP contribution in [0.3, 0.4) is 0 Å². The summed E-state index contributed by atoms with van der Waals surface area (Å²) < 4.78 is 13.0. The Kier molecular flexibility index (Phi) is 4.65. The number of nitrogens with zero attached hydrogens (tertiary/aromatic N) is 1. The zero-order chi connectivity index (χ0) is 15.4. The minimum atomic E-state index is -0.343. The third-order valence-corrected chi connectivity index (χ3v) is 4.28. The molecule has 0 spiro atoms. The molecule has 22 heavy (non-hydrogen) atoms. The van der Waals surface area contributed by atoms with E-state index in [2.05, 4.69) is 20.9 Å². The highest BCUT2D eigenvalue weighted by molar-refractivity contribution is 7.13. The first-order chi connectivity index (χ1) is 10.7. The van der Waals surface area contributed by atoms with Crippen molar-refractivity contribution in [3.05, 3.63) is 46.7 Å². The number of thiazole rings is 1. The van der Waals surface area contributed by atoms with Crippen LogP contribution in [0.25, 0.3) is 0 Å². The van der Waals surface area contributed by atoms with Crippen LogP contribution in [0, 0.1) is 5.82 Å². The lowest BCUT2D eigenvalue weighted by molar-refractivity contribution is 0.251. The predicted molar refractivity (Wildman–Crippen MR) is 84.4 cm³/mol. The van der Waals surface area contributed by atoms with Gasteiger partial charge in [0.2, 0.25) is 0 Å². The van der Waals surface area contributed by atoms with Crippen molar-refractivity contribution < 1.29 is 9.18 Å². The number of carbonyl (C=O) groups excluding carboxylic acids is 1. The Hall–Kier alpha value is -1.99. The van der Waals surface area contributed by atoms with Crippen LogP contribution in [0.4, 0.5) is 14.3 Å². The van der Waals surface area contributed by atoms with Gasteiger partial charge in [-0.05, 0) is 37.1 Å². The van der Waals surface area contributed by atoms with E-state index in [-0.39, 0.29) is 18.4 Å². The van der Waals surface area contributed by atoms with E-state index < -0.39 is 0 Å². The highest BCUT2D eigenvalue weighted by atomic mass is 32.1. The molecule has 3 N–H and O–H groups in total. The Labute approximate surface area is 132 Å². The maximum absolute atomic E-state index is 13.0. The number of aromatic nitrogens is 1. The van der Waals surface area contributed by atoms with Gasteiger partial charge in [0.05, 0.1) is 11.7 Å². The minimum absolute atomic E-state index is 0.270. The monoisotopic (exact) mass is 320 g/mol. The lowest BCUT2D eigenvalue weighted by atomic mass is 10.2. The Balaban J connectivity index is 1.51. The SMILES string of the molecule is O=C(NCc1cccc(F)c1)Nc1nc(C2CCCN2)cs1. The highest BCUT2D eigenvalue weighted by Crippen LogP contribution is 2.26. The molecule has 1 unspecified atom stereocenters. The summed E-state index contributed by atoms with van der Waals surface area (Å²) in [6.45, 7) is 1.28. The largest absolute Gasteiger partial charge is 0.334 e. The molecule has 1 fully saturated rings. The topological polar surface area (TPSA) is 66.0 Å². The third-order valence-electron chi connectivity index (χ3n) is 3.50. The average molecular weight is 320 g/mol. The molecule has 1 saturated heterocycles. The van der Waals surface area contributed by atoms with E-state index in [4.69, 9.17) is 0 Å². The molecular formula is C15H17FN4OS. The number of rotatable bonds is 4. The van der Waals surface area contributed by atoms with Crippen LogP contribution in [0.2, 0.25) is 0 Å². The summed E-state index contributed by atoms with van der Waals surface area (Å²) in [4.78, 5) is 16.3. The summed E-state index contributed by atoms with van der Waals surface area (Å²) in [5, 5.41) is 11.3. The summed E-state index contributed by atoms with van der Waals surface area (Å²) in [7, 11) is 0. The third kappa shape index (κ3) is 3.80. The summed E-state index contributed by atoms with van der Waals surface area (Å²) in [6, 6.07) is 6.10. The van der Waals surface area contributed by atoms with Gasteiger partial charge in [-0.2, -0.15) is 0 Å². The first-order valence-corrected chi connectivity index (χ1v) is 8.07. The van der Waals surface area contributed by atoms with Gasteiger partial charge in [-0.3, -0.25) is 5.32 Å². The molecule has 3 rings (SSSR count). The number of nitrogens with one attached hydrogen (secondary N) is 3. The summed E-state index contributed by atoms with van der Waals surface area (Å²) >= 11 is 1.41. The molecule has 0 bridgehead atoms. The first-order valence-electron chi connectivity index (χ1n) is 7.19. The van der Waals surface area contributed by atoms with E-state index in [1.165, 1.54) is 23.5 Å². The second-order valence-corrected chi connectivity index (χ2v) is 6.02. The van der Waals surface area contributed by atoms with E-state index in [1.54, 1.807) is 12.1 Å². The van der Waals surface area contributed by atoms with Gasteiger partial charge in [0.15, 0.2) is 5.13 Å². The van der Waals surface area contributed by atoms with Crippen molar-refractivity contribution in [2.75, 3.05) is 11.9 Å². The van der Waals surface area contributed by atoms with Crippen molar-refractivity contribution in [3.63, 3.8) is 0 Å². The Morgan fingerprint density at radius 1 is 1.50 bits per heavy atom. The van der Waals surface area contributed by atoms with E-state index in [9.17, 15) is 9.18 Å². The van der Waals surface area contributed by atoms with Crippen molar-refractivity contribution in [1.82, 2.24) is 15.6 Å². The minimum Gasteiger partial charge on any atom is -0.334 e. The Bertz CT molecular complexity index is 654. The van der Waals surface area contributed by atoms with Gasteiger partial charge in [-0.1, -0.05) is 12.1 Å². The smallest absolute Gasteiger partial charge is 0.321 e. The normalized spacial score (nSPS) is 17.4. The molecule has 2 heterocycles. The Morgan fingerprint density at radius 3 is 3.18 bits per heavy atom. The fraction of sp³-hybridized carbons (Fsp3) is 0.333. The number of anilines is 1. The second-order valence-electron chi connectivity index (χ2n) is 5.16. The van der Waals surface area contributed by atoms with Crippen molar-refractivity contribution in [3.8, 4) is 0 Å². The van der Waals surface area contributed by atoms with Crippen molar-refractivity contribution in [2.24, 2.45) is 0 Å². The van der Waals surface area contributed by atoms with Crippen molar-refractivity contribution >= 4 is 22.5 Å². The molecule has 1 aliphatic heterocycles. The number of urea groups is 1. The lowest BCUT2D eigenvalue weighted by Gasteiger charge is -2.06. The first kappa shape index (κ1) is 14.9. The summed E-state index contributed by atoms with van der Waals surface area (Å²) in [5.74, 6) is -0.312. The lowest BCUT2D eigenvalue weighted by Crippen LogP contribution is -2.28. The molecule has 1 aliphatic rings. The van der Waals surface area contributed by atoms with Gasteiger partial charge < -0.3 is 10.6 Å². The molecular weight excluding hydrogens is 303 g/mol. The van der Waals surface area contributed by atoms with Gasteiger partial charge in [0.25, 0.3) is 0 Å². The van der Waals surface area contributed by atoms with Crippen LogP contribution in [0.15, 0.2) is 29.6 Å². The van der Waals surface area contributed by atoms with E-state index in [1.807, 2.05) is 5.38 Å². The molecule has 0 aliphatic carbocycles. The zero-order valence-corrected chi connectivity index (χ0v) is 12.8. The quantitative estimate of drug-likeness (QED) is 0.811. The summed E-state index contributed by atoms with van der Waals surface area (Å²) in [5.41, 5.74) is 1.69. The molecule has 1 atom stereocenters. The maximum Gasteiger partial charge on any atom is 0.321 e. The van der Waals surface area contributed by atoms with E-state index in [0.717, 1.165) is 25.1 Å². The number of halogens is 1. The van der Waals surface area contributed by atoms with E-state index >= 15 is 0 Å². The highest BCUT2D eigenvalue weighted by Gasteiger charge is 2.19. The van der Waals surface area contributed by atoms with Gasteiger partial charge in [0.1, 0.15) is 5.82 Å². The number of benzene rings is 1. The summed E-state index contributed by atoms with van der Waals surface area (Å²) in [6.07, 6.45) is 2.23. The number of carbonyl (C=O) groups is 1. The Morgan fingerprint density at radius 2 is 2.41 bits per heavy atom. The van der Waals surface area contributed by atoms with Crippen molar-refractivity contribution in [1.29, 1.82) is 0 Å². The molecule has 5 nitrogen and oxygen atoms in total. The maximum atomic E-state index is 13.0. The van der Waals surface area contributed by atoms with Gasteiger partial charge in [-0.25, -0.2) is 14.2 Å². The molecule has 1 aromatic heterocycles. The van der Waals surface area contributed by atoms with Crippen LogP contribution < -0.4 is 16.0 Å². The molecule has 2 aromatic rings. The molecule has 2 amide bonds. The number of amides is 2. The van der Waals surface area contributed by atoms with Crippen LogP contribution in [0.5, 0.6) is 0 Å². The van der Waals surface area contributed by atoms with E-state index in [0.29, 0.717) is 16.7 Å². The molecule has 116 valence electrons. The fourth-order valence-electron chi connectivity index (χ4n) is 2.41. The molecule has 7 heteroatoms.